The van der Waals surface area contributed by atoms with Crippen LogP contribution in [0.25, 0.3) is 11.1 Å². The molecule has 3 rings (SSSR count). The summed E-state index contributed by atoms with van der Waals surface area (Å²) in [6.45, 7) is 2.66. The standard InChI is InChI=1S/C26H28N2O3/c1-19(27)26(30)31-15-14-21-12-13-23(20-8-4-2-5-9-20)16-24(21)17-28-18-25(29)22-10-6-3-7-11-22/h2-13,16,19,28H,14-15,17-18,27H2,1H3/t19-/m0/s1. The SMILES string of the molecule is C[C@H](N)C(=O)OCCc1ccc(-c2ccccc2)cc1CNCC(=O)c1ccccc1. The molecule has 3 aromatic rings. The Hall–Kier alpha value is -3.28. The van der Waals surface area contributed by atoms with E-state index >= 15 is 0 Å². The third kappa shape index (κ3) is 6.60. The van der Waals surface area contributed by atoms with Crippen molar-refractivity contribution in [3.05, 3.63) is 95.6 Å². The van der Waals surface area contributed by atoms with Crippen molar-refractivity contribution in [2.45, 2.75) is 25.9 Å². The van der Waals surface area contributed by atoms with Crippen molar-refractivity contribution in [2.75, 3.05) is 13.2 Å². The number of benzene rings is 3. The lowest BCUT2D eigenvalue weighted by molar-refractivity contribution is -0.144. The molecule has 3 N–H and O–H groups in total. The molecule has 0 aliphatic carbocycles. The molecule has 0 radical (unpaired) electrons. The molecule has 0 spiro atoms. The second kappa shape index (κ2) is 11.2. The molecule has 0 aliphatic heterocycles. The lowest BCUT2D eigenvalue weighted by atomic mass is 9.97. The first-order chi connectivity index (χ1) is 15.0. The van der Waals surface area contributed by atoms with E-state index in [0.717, 1.165) is 22.3 Å². The van der Waals surface area contributed by atoms with E-state index in [1.165, 1.54) is 0 Å². The molecule has 0 aromatic heterocycles. The summed E-state index contributed by atoms with van der Waals surface area (Å²) in [4.78, 5) is 24.0. The summed E-state index contributed by atoms with van der Waals surface area (Å²) in [6, 6.07) is 25.0. The third-order valence-corrected chi connectivity index (χ3v) is 5.00. The number of nitrogens with one attached hydrogen (secondary N) is 1. The zero-order chi connectivity index (χ0) is 22.1. The Labute approximate surface area is 183 Å². The van der Waals surface area contributed by atoms with Gasteiger partial charge in [-0.25, -0.2) is 0 Å². The highest BCUT2D eigenvalue weighted by Crippen LogP contribution is 2.23. The zero-order valence-corrected chi connectivity index (χ0v) is 17.7. The van der Waals surface area contributed by atoms with Crippen molar-refractivity contribution >= 4 is 11.8 Å². The van der Waals surface area contributed by atoms with Crippen LogP contribution in [0, 0.1) is 0 Å². The number of hydrogen-bond acceptors (Lipinski definition) is 5. The summed E-state index contributed by atoms with van der Waals surface area (Å²) < 4.78 is 5.24. The quantitative estimate of drug-likeness (QED) is 0.389. The van der Waals surface area contributed by atoms with Gasteiger partial charge in [0.05, 0.1) is 13.2 Å². The maximum absolute atomic E-state index is 12.4. The van der Waals surface area contributed by atoms with E-state index in [2.05, 4.69) is 35.6 Å². The van der Waals surface area contributed by atoms with E-state index in [-0.39, 0.29) is 18.9 Å². The first-order valence-electron chi connectivity index (χ1n) is 10.4. The Morgan fingerprint density at radius 2 is 1.58 bits per heavy atom. The minimum absolute atomic E-state index is 0.0484. The molecule has 0 amide bonds. The Morgan fingerprint density at radius 1 is 0.903 bits per heavy atom. The molecule has 0 unspecified atom stereocenters. The molecule has 31 heavy (non-hydrogen) atoms. The molecule has 5 heteroatoms. The van der Waals surface area contributed by atoms with Crippen molar-refractivity contribution in [1.82, 2.24) is 5.32 Å². The Kier molecular flexibility index (Phi) is 8.10. The average molecular weight is 417 g/mol. The Bertz CT molecular complexity index is 1000. The Balaban J connectivity index is 1.70. The smallest absolute Gasteiger partial charge is 0.322 e. The van der Waals surface area contributed by atoms with Crippen LogP contribution < -0.4 is 11.1 Å². The van der Waals surface area contributed by atoms with E-state index in [0.29, 0.717) is 18.5 Å². The lowest BCUT2D eigenvalue weighted by Crippen LogP contribution is -2.29. The number of hydrogen-bond donors (Lipinski definition) is 2. The van der Waals surface area contributed by atoms with Crippen molar-refractivity contribution in [3.63, 3.8) is 0 Å². The van der Waals surface area contributed by atoms with Gasteiger partial charge in [-0.3, -0.25) is 9.59 Å². The number of carbonyl (C=O) groups is 2. The van der Waals surface area contributed by atoms with Gasteiger partial charge >= 0.3 is 5.97 Å². The van der Waals surface area contributed by atoms with Gasteiger partial charge in [0.2, 0.25) is 0 Å². The van der Waals surface area contributed by atoms with Crippen LogP contribution in [0.3, 0.4) is 0 Å². The normalized spacial score (nSPS) is 11.7. The van der Waals surface area contributed by atoms with Crippen molar-refractivity contribution in [2.24, 2.45) is 5.73 Å². The van der Waals surface area contributed by atoms with E-state index in [1.54, 1.807) is 6.92 Å². The largest absolute Gasteiger partial charge is 0.464 e. The van der Waals surface area contributed by atoms with Crippen molar-refractivity contribution in [1.29, 1.82) is 0 Å². The molecule has 0 saturated heterocycles. The molecule has 0 bridgehead atoms. The van der Waals surface area contributed by atoms with Crippen LogP contribution in [0.5, 0.6) is 0 Å². The summed E-state index contributed by atoms with van der Waals surface area (Å²) in [5, 5.41) is 3.26. The number of Topliss-reactive ketones (excluding diaryl/α,β-unsaturated/α-hetero) is 1. The van der Waals surface area contributed by atoms with Crippen LogP contribution >= 0.6 is 0 Å². The predicted molar refractivity (Wildman–Crippen MR) is 123 cm³/mol. The number of nitrogens with two attached hydrogens (primary N) is 1. The first-order valence-corrected chi connectivity index (χ1v) is 10.4. The molecule has 0 saturated carbocycles. The van der Waals surface area contributed by atoms with Gasteiger partial charge in [0.25, 0.3) is 0 Å². The molecule has 160 valence electrons. The van der Waals surface area contributed by atoms with Gasteiger partial charge in [-0.1, -0.05) is 72.8 Å². The van der Waals surface area contributed by atoms with Crippen LogP contribution in [0.2, 0.25) is 0 Å². The molecule has 5 nitrogen and oxygen atoms in total. The van der Waals surface area contributed by atoms with E-state index in [9.17, 15) is 9.59 Å². The fourth-order valence-corrected chi connectivity index (χ4v) is 3.27. The molecule has 0 fully saturated rings. The summed E-state index contributed by atoms with van der Waals surface area (Å²) in [5.74, 6) is -0.360. The molecular weight excluding hydrogens is 388 g/mol. The van der Waals surface area contributed by atoms with Gasteiger partial charge in [0.1, 0.15) is 6.04 Å². The predicted octanol–water partition coefficient (Wildman–Crippen LogP) is 3.76. The van der Waals surface area contributed by atoms with Gasteiger partial charge in [-0.2, -0.15) is 0 Å². The summed E-state index contributed by atoms with van der Waals surface area (Å²) >= 11 is 0. The molecular formula is C26H28N2O3. The maximum atomic E-state index is 12.4. The molecule has 0 aliphatic rings. The zero-order valence-electron chi connectivity index (χ0n) is 17.7. The van der Waals surface area contributed by atoms with E-state index in [1.807, 2.05) is 48.5 Å². The van der Waals surface area contributed by atoms with Crippen LogP contribution in [0.15, 0.2) is 78.9 Å². The summed E-state index contributed by atoms with van der Waals surface area (Å²) in [7, 11) is 0. The second-order valence-corrected chi connectivity index (χ2v) is 7.45. The third-order valence-electron chi connectivity index (χ3n) is 5.00. The lowest BCUT2D eigenvalue weighted by Gasteiger charge is -2.14. The van der Waals surface area contributed by atoms with E-state index < -0.39 is 12.0 Å². The maximum Gasteiger partial charge on any atom is 0.322 e. The number of carbonyl (C=O) groups excluding carboxylic acids is 2. The van der Waals surface area contributed by atoms with Gasteiger partial charge in [-0.05, 0) is 35.2 Å². The second-order valence-electron chi connectivity index (χ2n) is 7.45. The molecule has 1 atom stereocenters. The van der Waals surface area contributed by atoms with Crippen molar-refractivity contribution in [3.8, 4) is 11.1 Å². The van der Waals surface area contributed by atoms with Crippen LogP contribution in [-0.4, -0.2) is 30.9 Å². The van der Waals surface area contributed by atoms with Gasteiger partial charge in [-0.15, -0.1) is 0 Å². The van der Waals surface area contributed by atoms with Gasteiger partial charge in [0, 0.05) is 18.5 Å². The highest BCUT2D eigenvalue weighted by Gasteiger charge is 2.11. The van der Waals surface area contributed by atoms with Crippen LogP contribution in [0.1, 0.15) is 28.4 Å². The summed E-state index contributed by atoms with van der Waals surface area (Å²) in [6.07, 6.45) is 0.581. The number of ether oxygens (including phenoxy) is 1. The van der Waals surface area contributed by atoms with Crippen molar-refractivity contribution < 1.29 is 14.3 Å². The highest BCUT2D eigenvalue weighted by molar-refractivity contribution is 5.97. The molecule has 3 aromatic carbocycles. The fraction of sp³-hybridized carbons (Fsp3) is 0.231. The topological polar surface area (TPSA) is 81.4 Å². The molecule has 0 heterocycles. The number of rotatable bonds is 10. The minimum atomic E-state index is -0.634. The Morgan fingerprint density at radius 3 is 2.26 bits per heavy atom. The first kappa shape index (κ1) is 22.4. The minimum Gasteiger partial charge on any atom is -0.464 e. The monoisotopic (exact) mass is 416 g/mol. The highest BCUT2D eigenvalue weighted by atomic mass is 16.5. The van der Waals surface area contributed by atoms with Gasteiger partial charge < -0.3 is 15.8 Å². The average Bonchev–Trinajstić information content (AvgIpc) is 2.80. The fourth-order valence-electron chi connectivity index (χ4n) is 3.27. The number of ketones is 1. The van der Waals surface area contributed by atoms with Crippen LogP contribution in [0.4, 0.5) is 0 Å². The van der Waals surface area contributed by atoms with Gasteiger partial charge in [0.15, 0.2) is 5.78 Å². The number of esters is 1. The van der Waals surface area contributed by atoms with E-state index in [4.69, 9.17) is 10.5 Å². The summed E-state index contributed by atoms with van der Waals surface area (Å²) in [5.41, 5.74) is 10.6. The van der Waals surface area contributed by atoms with Crippen LogP contribution in [-0.2, 0) is 22.5 Å².